The fourth-order valence-corrected chi connectivity index (χ4v) is 2.29. The molecule has 2 aromatic heterocycles. The Balaban J connectivity index is 1.75. The van der Waals surface area contributed by atoms with Gasteiger partial charge in [0.15, 0.2) is 0 Å². The molecule has 0 unspecified atom stereocenters. The standard InChI is InChI=1S/C17H20N6/c1-21(2)17-18-10-9-16(20-17)22(3)12-14-11-19-23(13-14)15-7-5-4-6-8-15/h4-11,13H,12H2,1-3H3. The molecule has 0 aliphatic heterocycles. The highest BCUT2D eigenvalue weighted by atomic mass is 15.3. The fraction of sp³-hybridized carbons (Fsp3) is 0.235. The van der Waals surface area contributed by atoms with Crippen molar-refractivity contribution in [1.82, 2.24) is 19.7 Å². The minimum Gasteiger partial charge on any atom is -0.355 e. The molecule has 0 aliphatic rings. The maximum absolute atomic E-state index is 4.55. The van der Waals surface area contributed by atoms with Gasteiger partial charge in [0.25, 0.3) is 0 Å². The van der Waals surface area contributed by atoms with Gasteiger partial charge in [-0.25, -0.2) is 9.67 Å². The van der Waals surface area contributed by atoms with Crippen LogP contribution in [0.25, 0.3) is 5.69 Å². The molecule has 2 heterocycles. The maximum Gasteiger partial charge on any atom is 0.226 e. The van der Waals surface area contributed by atoms with E-state index in [2.05, 4.69) is 20.0 Å². The molecule has 0 saturated carbocycles. The van der Waals surface area contributed by atoms with Gasteiger partial charge in [0.2, 0.25) is 5.95 Å². The van der Waals surface area contributed by atoms with Crippen LogP contribution >= 0.6 is 0 Å². The van der Waals surface area contributed by atoms with Crippen molar-refractivity contribution < 1.29 is 0 Å². The van der Waals surface area contributed by atoms with Gasteiger partial charge in [0.1, 0.15) is 5.82 Å². The Bertz CT molecular complexity index is 766. The molecule has 0 aliphatic carbocycles. The quantitative estimate of drug-likeness (QED) is 0.724. The summed E-state index contributed by atoms with van der Waals surface area (Å²) in [7, 11) is 5.88. The van der Waals surface area contributed by atoms with Gasteiger partial charge in [-0.15, -0.1) is 0 Å². The topological polar surface area (TPSA) is 50.1 Å². The van der Waals surface area contributed by atoms with Crippen LogP contribution in [0.15, 0.2) is 55.0 Å². The van der Waals surface area contributed by atoms with E-state index >= 15 is 0 Å². The molecule has 0 atom stereocenters. The smallest absolute Gasteiger partial charge is 0.226 e. The molecule has 0 N–H and O–H groups in total. The van der Waals surface area contributed by atoms with Gasteiger partial charge >= 0.3 is 0 Å². The van der Waals surface area contributed by atoms with Crippen LogP contribution < -0.4 is 9.80 Å². The number of nitrogens with zero attached hydrogens (tertiary/aromatic N) is 6. The number of hydrogen-bond donors (Lipinski definition) is 0. The Morgan fingerprint density at radius 3 is 2.57 bits per heavy atom. The van der Waals surface area contributed by atoms with Crippen LogP contribution in [-0.2, 0) is 6.54 Å². The maximum atomic E-state index is 4.55. The van der Waals surface area contributed by atoms with Crippen LogP contribution in [-0.4, -0.2) is 40.9 Å². The van der Waals surface area contributed by atoms with Crippen molar-refractivity contribution in [3.05, 3.63) is 60.6 Å². The third-order valence-corrected chi connectivity index (χ3v) is 3.50. The molecular formula is C17H20N6. The van der Waals surface area contributed by atoms with E-state index in [0.717, 1.165) is 23.6 Å². The van der Waals surface area contributed by atoms with E-state index in [1.807, 2.05) is 79.5 Å². The SMILES string of the molecule is CN(C)c1nccc(N(C)Cc2cnn(-c3ccccc3)c2)n1. The van der Waals surface area contributed by atoms with Gasteiger partial charge in [-0.05, 0) is 18.2 Å². The van der Waals surface area contributed by atoms with Crippen LogP contribution in [0.1, 0.15) is 5.56 Å². The summed E-state index contributed by atoms with van der Waals surface area (Å²) >= 11 is 0. The van der Waals surface area contributed by atoms with Crippen LogP contribution in [0.5, 0.6) is 0 Å². The van der Waals surface area contributed by atoms with E-state index in [0.29, 0.717) is 5.95 Å². The molecule has 1 aromatic carbocycles. The van der Waals surface area contributed by atoms with Crippen molar-refractivity contribution in [2.45, 2.75) is 6.54 Å². The predicted octanol–water partition coefficient (Wildman–Crippen LogP) is 2.36. The molecule has 3 aromatic rings. The van der Waals surface area contributed by atoms with Gasteiger partial charge in [0, 0.05) is 45.6 Å². The zero-order valence-electron chi connectivity index (χ0n) is 13.6. The number of aromatic nitrogens is 4. The molecule has 3 rings (SSSR count). The summed E-state index contributed by atoms with van der Waals surface area (Å²) in [5.41, 5.74) is 2.18. The third kappa shape index (κ3) is 3.48. The number of benzene rings is 1. The lowest BCUT2D eigenvalue weighted by atomic mass is 10.3. The van der Waals surface area contributed by atoms with E-state index < -0.39 is 0 Å². The minimum atomic E-state index is 0.703. The Kier molecular flexibility index (Phi) is 4.23. The van der Waals surface area contributed by atoms with Crippen LogP contribution in [0.3, 0.4) is 0 Å². The first-order valence-corrected chi connectivity index (χ1v) is 7.44. The van der Waals surface area contributed by atoms with E-state index in [1.54, 1.807) is 6.20 Å². The van der Waals surface area contributed by atoms with Crippen LogP contribution in [0.4, 0.5) is 11.8 Å². The third-order valence-electron chi connectivity index (χ3n) is 3.50. The highest BCUT2D eigenvalue weighted by Gasteiger charge is 2.08. The highest BCUT2D eigenvalue weighted by molar-refractivity contribution is 5.43. The van der Waals surface area contributed by atoms with Gasteiger partial charge in [-0.1, -0.05) is 18.2 Å². The summed E-state index contributed by atoms with van der Waals surface area (Å²) in [6.45, 7) is 0.733. The number of anilines is 2. The van der Waals surface area contributed by atoms with E-state index in [-0.39, 0.29) is 0 Å². The Morgan fingerprint density at radius 1 is 1.04 bits per heavy atom. The fourth-order valence-electron chi connectivity index (χ4n) is 2.29. The molecule has 118 valence electrons. The highest BCUT2D eigenvalue weighted by Crippen LogP contribution is 2.15. The van der Waals surface area contributed by atoms with Crippen molar-refractivity contribution in [2.24, 2.45) is 0 Å². The van der Waals surface area contributed by atoms with E-state index in [9.17, 15) is 0 Å². The molecule has 0 amide bonds. The molecule has 6 heteroatoms. The van der Waals surface area contributed by atoms with Crippen LogP contribution in [0.2, 0.25) is 0 Å². The Labute approximate surface area is 136 Å². The van der Waals surface area contributed by atoms with Crippen molar-refractivity contribution >= 4 is 11.8 Å². The summed E-state index contributed by atoms with van der Waals surface area (Å²) in [4.78, 5) is 12.8. The normalized spacial score (nSPS) is 10.6. The van der Waals surface area contributed by atoms with E-state index in [1.165, 1.54) is 0 Å². The van der Waals surface area contributed by atoms with Gasteiger partial charge < -0.3 is 9.80 Å². The zero-order chi connectivity index (χ0) is 16.2. The largest absolute Gasteiger partial charge is 0.355 e. The summed E-state index contributed by atoms with van der Waals surface area (Å²) in [6, 6.07) is 12.0. The molecule has 0 spiro atoms. The molecular weight excluding hydrogens is 288 g/mol. The second kappa shape index (κ2) is 6.48. The number of hydrogen-bond acceptors (Lipinski definition) is 5. The van der Waals surface area contributed by atoms with Crippen molar-refractivity contribution in [2.75, 3.05) is 30.9 Å². The van der Waals surface area contributed by atoms with Crippen molar-refractivity contribution in [3.63, 3.8) is 0 Å². The average Bonchev–Trinajstić information content (AvgIpc) is 3.04. The predicted molar refractivity (Wildman–Crippen MR) is 92.0 cm³/mol. The Morgan fingerprint density at radius 2 is 1.83 bits per heavy atom. The van der Waals surface area contributed by atoms with Gasteiger partial charge in [-0.2, -0.15) is 10.1 Å². The lowest BCUT2D eigenvalue weighted by Gasteiger charge is -2.19. The molecule has 23 heavy (non-hydrogen) atoms. The zero-order valence-corrected chi connectivity index (χ0v) is 13.6. The minimum absolute atomic E-state index is 0.703. The lowest BCUT2D eigenvalue weighted by Crippen LogP contribution is -2.20. The Hall–Kier alpha value is -2.89. The molecule has 6 nitrogen and oxygen atoms in total. The van der Waals surface area contributed by atoms with Crippen molar-refractivity contribution in [3.8, 4) is 5.69 Å². The molecule has 0 radical (unpaired) electrons. The first kappa shape index (κ1) is 15.0. The average molecular weight is 308 g/mol. The van der Waals surface area contributed by atoms with Gasteiger partial charge in [0.05, 0.1) is 11.9 Å². The molecule has 0 bridgehead atoms. The molecule has 0 saturated heterocycles. The first-order valence-electron chi connectivity index (χ1n) is 7.44. The summed E-state index contributed by atoms with van der Waals surface area (Å²) in [5, 5.41) is 4.43. The summed E-state index contributed by atoms with van der Waals surface area (Å²) < 4.78 is 1.88. The second-order valence-electron chi connectivity index (χ2n) is 5.59. The van der Waals surface area contributed by atoms with E-state index in [4.69, 9.17) is 0 Å². The van der Waals surface area contributed by atoms with Crippen molar-refractivity contribution in [1.29, 1.82) is 0 Å². The summed E-state index contributed by atoms with van der Waals surface area (Å²) in [5.74, 6) is 1.59. The monoisotopic (exact) mass is 308 g/mol. The number of para-hydroxylation sites is 1. The second-order valence-corrected chi connectivity index (χ2v) is 5.59. The lowest BCUT2D eigenvalue weighted by molar-refractivity contribution is 0.870. The van der Waals surface area contributed by atoms with Crippen LogP contribution in [0, 0.1) is 0 Å². The number of rotatable bonds is 5. The first-order chi connectivity index (χ1) is 11.1. The summed E-state index contributed by atoms with van der Waals surface area (Å²) in [6.07, 6.45) is 5.71. The van der Waals surface area contributed by atoms with Gasteiger partial charge in [-0.3, -0.25) is 0 Å². The molecule has 0 fully saturated rings.